The minimum absolute atomic E-state index is 0.0882. The Morgan fingerprint density at radius 3 is 2.75 bits per heavy atom. The number of carbonyl (C=O) groups is 2. The predicted molar refractivity (Wildman–Crippen MR) is 60.1 cm³/mol. The van der Waals surface area contributed by atoms with Crippen molar-refractivity contribution in [1.82, 2.24) is 10.2 Å². The number of hydrogen-bond acceptors (Lipinski definition) is 3. The highest BCUT2D eigenvalue weighted by atomic mass is 16.4. The maximum Gasteiger partial charge on any atom is 0.323 e. The van der Waals surface area contributed by atoms with Crippen molar-refractivity contribution in [2.24, 2.45) is 0 Å². The first-order chi connectivity index (χ1) is 7.59. The predicted octanol–water partition coefficient (Wildman–Crippen LogP) is 0.452. The molecule has 92 valence electrons. The molecule has 0 aromatic rings. The summed E-state index contributed by atoms with van der Waals surface area (Å²) in [5.74, 6) is -1.05. The molecule has 1 fully saturated rings. The Kier molecular flexibility index (Phi) is 5.25. The molecule has 0 aromatic carbocycles. The number of carboxylic acids is 1. The number of carboxylic acid groups (broad SMARTS) is 1. The van der Waals surface area contributed by atoms with Crippen LogP contribution in [0, 0.1) is 0 Å². The molecule has 1 aliphatic rings. The first kappa shape index (κ1) is 13.0. The van der Waals surface area contributed by atoms with Crippen LogP contribution < -0.4 is 5.32 Å². The van der Waals surface area contributed by atoms with Crippen molar-refractivity contribution < 1.29 is 14.7 Å². The van der Waals surface area contributed by atoms with Crippen LogP contribution in [0.4, 0.5) is 0 Å². The molecule has 0 aliphatic carbocycles. The van der Waals surface area contributed by atoms with Crippen molar-refractivity contribution in [3.63, 3.8) is 0 Å². The number of likely N-dealkylation sites (N-methyl/N-ethyl adjacent to an activating group) is 1. The molecule has 0 bridgehead atoms. The largest absolute Gasteiger partial charge is 0.480 e. The van der Waals surface area contributed by atoms with Gasteiger partial charge in [0.25, 0.3) is 0 Å². The summed E-state index contributed by atoms with van der Waals surface area (Å²) in [6.07, 6.45) is 4.79. The molecule has 0 aromatic heterocycles. The smallest absolute Gasteiger partial charge is 0.323 e. The quantitative estimate of drug-likeness (QED) is 0.717. The molecule has 1 saturated heterocycles. The van der Waals surface area contributed by atoms with Gasteiger partial charge in [-0.25, -0.2) is 0 Å². The molecule has 0 radical (unpaired) electrons. The molecule has 16 heavy (non-hydrogen) atoms. The van der Waals surface area contributed by atoms with Gasteiger partial charge in [-0.2, -0.15) is 0 Å². The number of amides is 1. The standard InChI is InChI=1S/C11H20N2O3/c1-13(8-11(15)16)10(14)6-5-9-4-2-3-7-12-9/h9,12H,2-8H2,1H3,(H,15,16). The van der Waals surface area contributed by atoms with Gasteiger partial charge in [-0.3, -0.25) is 9.59 Å². The van der Waals surface area contributed by atoms with E-state index < -0.39 is 5.97 Å². The molecule has 5 nitrogen and oxygen atoms in total. The zero-order valence-corrected chi connectivity index (χ0v) is 9.74. The van der Waals surface area contributed by atoms with Gasteiger partial charge in [-0.05, 0) is 25.8 Å². The molecule has 1 rings (SSSR count). The van der Waals surface area contributed by atoms with Crippen molar-refractivity contribution in [2.75, 3.05) is 20.1 Å². The molecule has 0 spiro atoms. The second-order valence-corrected chi connectivity index (χ2v) is 4.33. The van der Waals surface area contributed by atoms with E-state index in [1.54, 1.807) is 0 Å². The van der Waals surface area contributed by atoms with Crippen LogP contribution in [0.25, 0.3) is 0 Å². The Bertz CT molecular complexity index is 250. The maximum atomic E-state index is 11.6. The van der Waals surface area contributed by atoms with Crippen LogP contribution in [0.15, 0.2) is 0 Å². The van der Waals surface area contributed by atoms with Gasteiger partial charge in [0.15, 0.2) is 0 Å². The lowest BCUT2D eigenvalue weighted by molar-refractivity contribution is -0.143. The van der Waals surface area contributed by atoms with Crippen molar-refractivity contribution in [1.29, 1.82) is 0 Å². The van der Waals surface area contributed by atoms with E-state index >= 15 is 0 Å². The van der Waals surface area contributed by atoms with Gasteiger partial charge in [0, 0.05) is 19.5 Å². The summed E-state index contributed by atoms with van der Waals surface area (Å²) in [4.78, 5) is 23.2. The van der Waals surface area contributed by atoms with Gasteiger partial charge in [0.2, 0.25) is 5.91 Å². The van der Waals surface area contributed by atoms with E-state index in [4.69, 9.17) is 5.11 Å². The van der Waals surface area contributed by atoms with Crippen molar-refractivity contribution in [2.45, 2.75) is 38.1 Å². The summed E-state index contributed by atoms with van der Waals surface area (Å²) in [6, 6.07) is 0.427. The number of nitrogens with one attached hydrogen (secondary N) is 1. The second kappa shape index (κ2) is 6.48. The van der Waals surface area contributed by atoms with Gasteiger partial charge in [0.05, 0.1) is 0 Å². The topological polar surface area (TPSA) is 69.6 Å². The molecule has 1 amide bonds. The van der Waals surface area contributed by atoms with E-state index in [1.165, 1.54) is 24.8 Å². The van der Waals surface area contributed by atoms with Crippen LogP contribution in [-0.4, -0.2) is 48.1 Å². The van der Waals surface area contributed by atoms with E-state index in [-0.39, 0.29) is 12.5 Å². The molecule has 1 aliphatic heterocycles. The fourth-order valence-corrected chi connectivity index (χ4v) is 1.95. The normalized spacial score (nSPS) is 20.4. The highest BCUT2D eigenvalue weighted by molar-refractivity contribution is 5.81. The van der Waals surface area contributed by atoms with Gasteiger partial charge in [0.1, 0.15) is 6.54 Å². The van der Waals surface area contributed by atoms with Crippen LogP contribution in [0.3, 0.4) is 0 Å². The lowest BCUT2D eigenvalue weighted by Crippen LogP contribution is -2.36. The summed E-state index contributed by atoms with van der Waals surface area (Å²) in [6.45, 7) is 0.820. The number of carbonyl (C=O) groups excluding carboxylic acids is 1. The molecule has 1 heterocycles. The lowest BCUT2D eigenvalue weighted by atomic mass is 10.0. The SMILES string of the molecule is CN(CC(=O)O)C(=O)CCC1CCCCN1. The Balaban J connectivity index is 2.20. The minimum atomic E-state index is -0.966. The molecule has 5 heteroatoms. The number of nitrogens with zero attached hydrogens (tertiary/aromatic N) is 1. The van der Waals surface area contributed by atoms with E-state index in [2.05, 4.69) is 5.32 Å². The maximum absolute atomic E-state index is 11.6. The van der Waals surface area contributed by atoms with Gasteiger partial charge in [-0.15, -0.1) is 0 Å². The molecular weight excluding hydrogens is 208 g/mol. The van der Waals surface area contributed by atoms with Gasteiger partial charge in [-0.1, -0.05) is 6.42 Å². The first-order valence-corrected chi connectivity index (χ1v) is 5.78. The zero-order chi connectivity index (χ0) is 12.0. The van der Waals surface area contributed by atoms with Gasteiger partial charge < -0.3 is 15.3 Å². The van der Waals surface area contributed by atoms with Crippen molar-refractivity contribution in [3.05, 3.63) is 0 Å². The Morgan fingerprint density at radius 1 is 1.44 bits per heavy atom. The number of piperidine rings is 1. The van der Waals surface area contributed by atoms with E-state index in [9.17, 15) is 9.59 Å². The Hall–Kier alpha value is -1.10. The van der Waals surface area contributed by atoms with E-state index in [0.717, 1.165) is 19.4 Å². The van der Waals surface area contributed by atoms with E-state index in [1.807, 2.05) is 0 Å². The van der Waals surface area contributed by atoms with Gasteiger partial charge >= 0.3 is 5.97 Å². The van der Waals surface area contributed by atoms with E-state index in [0.29, 0.717) is 12.5 Å². The summed E-state index contributed by atoms with van der Waals surface area (Å²) < 4.78 is 0. The molecule has 2 N–H and O–H groups in total. The lowest BCUT2D eigenvalue weighted by Gasteiger charge is -2.24. The van der Waals surface area contributed by atoms with Crippen LogP contribution in [0.2, 0.25) is 0 Å². The Labute approximate surface area is 95.8 Å². The second-order valence-electron chi connectivity index (χ2n) is 4.33. The third kappa shape index (κ3) is 4.61. The molecule has 1 unspecified atom stereocenters. The minimum Gasteiger partial charge on any atom is -0.480 e. The van der Waals surface area contributed by atoms with Crippen molar-refractivity contribution >= 4 is 11.9 Å². The average Bonchev–Trinajstić information content (AvgIpc) is 2.26. The van der Waals surface area contributed by atoms with Crippen LogP contribution in [-0.2, 0) is 9.59 Å². The third-order valence-electron chi connectivity index (χ3n) is 2.92. The number of hydrogen-bond donors (Lipinski definition) is 2. The first-order valence-electron chi connectivity index (χ1n) is 5.78. The molecule has 0 saturated carbocycles. The fourth-order valence-electron chi connectivity index (χ4n) is 1.95. The highest BCUT2D eigenvalue weighted by Gasteiger charge is 2.16. The van der Waals surface area contributed by atoms with Crippen LogP contribution in [0.1, 0.15) is 32.1 Å². The Morgan fingerprint density at radius 2 is 2.19 bits per heavy atom. The van der Waals surface area contributed by atoms with Crippen LogP contribution in [0.5, 0.6) is 0 Å². The highest BCUT2D eigenvalue weighted by Crippen LogP contribution is 2.12. The average molecular weight is 228 g/mol. The number of rotatable bonds is 5. The molecular formula is C11H20N2O3. The number of aliphatic carboxylic acids is 1. The molecule has 1 atom stereocenters. The summed E-state index contributed by atoms with van der Waals surface area (Å²) in [5, 5.41) is 11.9. The van der Waals surface area contributed by atoms with Crippen molar-refractivity contribution in [3.8, 4) is 0 Å². The zero-order valence-electron chi connectivity index (χ0n) is 9.74. The summed E-state index contributed by atoms with van der Waals surface area (Å²) in [5.41, 5.74) is 0. The fraction of sp³-hybridized carbons (Fsp3) is 0.818. The third-order valence-corrected chi connectivity index (χ3v) is 2.92. The summed E-state index contributed by atoms with van der Waals surface area (Å²) >= 11 is 0. The van der Waals surface area contributed by atoms with Crippen LogP contribution >= 0.6 is 0 Å². The summed E-state index contributed by atoms with van der Waals surface area (Å²) in [7, 11) is 1.53. The monoisotopic (exact) mass is 228 g/mol.